The lowest BCUT2D eigenvalue weighted by molar-refractivity contribution is 0.342. The fourth-order valence-corrected chi connectivity index (χ4v) is 3.70. The molecule has 0 aromatic carbocycles. The van der Waals surface area contributed by atoms with Crippen LogP contribution in [0.15, 0.2) is 22.8 Å². The van der Waals surface area contributed by atoms with Crippen molar-refractivity contribution in [3.05, 3.63) is 24.2 Å². The number of rotatable bonds is 6. The van der Waals surface area contributed by atoms with E-state index in [9.17, 15) is 8.42 Å². The first-order chi connectivity index (χ1) is 10.6. The number of aromatic nitrogens is 3. The van der Waals surface area contributed by atoms with E-state index in [1.807, 2.05) is 0 Å². The second kappa shape index (κ2) is 6.59. The molecule has 0 saturated carbocycles. The molecule has 0 spiro atoms. The monoisotopic (exact) mass is 325 g/mol. The molecule has 0 unspecified atom stereocenters. The predicted octanol–water partition coefficient (Wildman–Crippen LogP) is 0.927. The third-order valence-corrected chi connectivity index (χ3v) is 5.19. The average molecular weight is 325 g/mol. The Morgan fingerprint density at radius 1 is 1.32 bits per heavy atom. The van der Waals surface area contributed by atoms with Crippen LogP contribution < -0.4 is 4.72 Å². The van der Waals surface area contributed by atoms with Crippen LogP contribution in [0, 0.1) is 0 Å². The number of H-pyrrole nitrogens is 1. The molecule has 8 nitrogen and oxygen atoms in total. The zero-order valence-electron chi connectivity index (χ0n) is 12.2. The van der Waals surface area contributed by atoms with Crippen molar-refractivity contribution in [3.63, 3.8) is 0 Å². The second-order valence-corrected chi connectivity index (χ2v) is 6.95. The largest absolute Gasteiger partial charge is 0.461 e. The molecule has 3 rings (SSSR count). The lowest BCUT2D eigenvalue weighted by atomic mass is 10.2. The molecule has 1 fully saturated rings. The Morgan fingerprint density at radius 3 is 2.86 bits per heavy atom. The second-order valence-electron chi connectivity index (χ2n) is 5.19. The number of furan rings is 1. The predicted molar refractivity (Wildman–Crippen MR) is 80.1 cm³/mol. The Kier molecular flexibility index (Phi) is 4.55. The highest BCUT2D eigenvalue weighted by molar-refractivity contribution is 7.87. The number of nitrogens with zero attached hydrogens (tertiary/aromatic N) is 3. The minimum Gasteiger partial charge on any atom is -0.461 e. The molecule has 1 aliphatic heterocycles. The van der Waals surface area contributed by atoms with Crippen LogP contribution in [-0.4, -0.2) is 47.5 Å². The first-order valence-electron chi connectivity index (χ1n) is 7.35. The third-order valence-electron chi connectivity index (χ3n) is 3.57. The highest BCUT2D eigenvalue weighted by Gasteiger charge is 2.23. The van der Waals surface area contributed by atoms with E-state index >= 15 is 0 Å². The normalized spacial score (nSPS) is 16.9. The van der Waals surface area contributed by atoms with Crippen molar-refractivity contribution in [1.82, 2.24) is 24.2 Å². The van der Waals surface area contributed by atoms with Crippen LogP contribution in [-0.2, 0) is 16.6 Å². The van der Waals surface area contributed by atoms with E-state index in [1.54, 1.807) is 18.4 Å². The van der Waals surface area contributed by atoms with Gasteiger partial charge in [0.05, 0.1) is 6.26 Å². The molecule has 9 heteroatoms. The summed E-state index contributed by atoms with van der Waals surface area (Å²) in [5.41, 5.74) is 0. The number of hydrogen-bond acceptors (Lipinski definition) is 5. The first-order valence-corrected chi connectivity index (χ1v) is 8.79. The summed E-state index contributed by atoms with van der Waals surface area (Å²) in [7, 11) is -3.39. The van der Waals surface area contributed by atoms with E-state index in [1.165, 1.54) is 4.31 Å². The van der Waals surface area contributed by atoms with Gasteiger partial charge in [-0.3, -0.25) is 5.10 Å². The topological polar surface area (TPSA) is 104 Å². The molecule has 0 amide bonds. The van der Waals surface area contributed by atoms with Crippen LogP contribution in [0.4, 0.5) is 0 Å². The Labute approximate surface area is 129 Å². The van der Waals surface area contributed by atoms with Gasteiger partial charge in [0.25, 0.3) is 10.2 Å². The van der Waals surface area contributed by atoms with E-state index < -0.39 is 10.2 Å². The van der Waals surface area contributed by atoms with Gasteiger partial charge in [-0.2, -0.15) is 17.8 Å². The molecule has 0 bridgehead atoms. The van der Waals surface area contributed by atoms with Gasteiger partial charge in [0.15, 0.2) is 5.76 Å². The molecule has 22 heavy (non-hydrogen) atoms. The van der Waals surface area contributed by atoms with E-state index in [4.69, 9.17) is 4.42 Å². The van der Waals surface area contributed by atoms with Gasteiger partial charge in [-0.05, 0) is 25.0 Å². The van der Waals surface area contributed by atoms with Gasteiger partial charge < -0.3 is 4.42 Å². The summed E-state index contributed by atoms with van der Waals surface area (Å²) in [6.07, 6.45) is 4.95. The van der Waals surface area contributed by atoms with Gasteiger partial charge in [-0.25, -0.2) is 9.71 Å². The first kappa shape index (κ1) is 15.2. The molecule has 3 heterocycles. The van der Waals surface area contributed by atoms with Crippen LogP contribution in [0.5, 0.6) is 0 Å². The molecule has 2 N–H and O–H groups in total. The van der Waals surface area contributed by atoms with Crippen LogP contribution in [0.3, 0.4) is 0 Å². The molecule has 0 aliphatic carbocycles. The quantitative estimate of drug-likeness (QED) is 0.822. The van der Waals surface area contributed by atoms with E-state index in [2.05, 4.69) is 19.9 Å². The summed E-state index contributed by atoms with van der Waals surface area (Å²) in [5, 5.41) is 6.84. The van der Waals surface area contributed by atoms with Gasteiger partial charge in [0.2, 0.25) is 5.82 Å². The third kappa shape index (κ3) is 3.54. The number of hydrogen-bond donors (Lipinski definition) is 2. The maximum atomic E-state index is 12.1. The van der Waals surface area contributed by atoms with E-state index in [0.29, 0.717) is 36.9 Å². The molecule has 1 saturated heterocycles. The Balaban J connectivity index is 1.52. The molecule has 2 aromatic rings. The Bertz CT molecular complexity index is 689. The van der Waals surface area contributed by atoms with Crippen molar-refractivity contribution >= 4 is 10.2 Å². The summed E-state index contributed by atoms with van der Waals surface area (Å²) in [6, 6.07) is 3.53. The van der Waals surface area contributed by atoms with Crippen molar-refractivity contribution in [2.24, 2.45) is 0 Å². The minimum absolute atomic E-state index is 0.283. The molecule has 0 atom stereocenters. The summed E-state index contributed by atoms with van der Waals surface area (Å²) in [5.74, 6) is 1.67. The molecule has 120 valence electrons. The van der Waals surface area contributed by atoms with Crippen molar-refractivity contribution in [1.29, 1.82) is 0 Å². The molecule has 2 aromatic heterocycles. The molecular formula is C13H19N5O3S. The summed E-state index contributed by atoms with van der Waals surface area (Å²) in [4.78, 5) is 4.28. The zero-order valence-corrected chi connectivity index (χ0v) is 13.0. The highest BCUT2D eigenvalue weighted by Crippen LogP contribution is 2.14. The maximum Gasteiger partial charge on any atom is 0.279 e. The van der Waals surface area contributed by atoms with Gasteiger partial charge in [-0.1, -0.05) is 6.42 Å². The molecular weight excluding hydrogens is 306 g/mol. The highest BCUT2D eigenvalue weighted by atomic mass is 32.2. The van der Waals surface area contributed by atoms with Crippen molar-refractivity contribution in [2.45, 2.75) is 25.7 Å². The Hall–Kier alpha value is -1.71. The lowest BCUT2D eigenvalue weighted by Crippen LogP contribution is -2.44. The van der Waals surface area contributed by atoms with E-state index in [-0.39, 0.29) is 6.54 Å². The zero-order chi connectivity index (χ0) is 15.4. The average Bonchev–Trinajstić information content (AvgIpc) is 3.19. The fourth-order valence-electron chi connectivity index (χ4n) is 2.42. The van der Waals surface area contributed by atoms with Gasteiger partial charge in [-0.15, -0.1) is 0 Å². The van der Waals surface area contributed by atoms with Gasteiger partial charge >= 0.3 is 0 Å². The standard InChI is InChI=1S/C13H19N5O3S/c19-22(20,18-8-2-1-3-9-18)14-7-6-12-15-13(17-16-12)11-5-4-10-21-11/h4-5,10,14H,1-3,6-9H2,(H,15,16,17). The van der Waals surface area contributed by atoms with Gasteiger partial charge in [0.1, 0.15) is 5.82 Å². The smallest absolute Gasteiger partial charge is 0.279 e. The molecule has 0 radical (unpaired) electrons. The van der Waals surface area contributed by atoms with Crippen LogP contribution >= 0.6 is 0 Å². The maximum absolute atomic E-state index is 12.1. The van der Waals surface area contributed by atoms with Crippen molar-refractivity contribution in [3.8, 4) is 11.6 Å². The summed E-state index contributed by atoms with van der Waals surface area (Å²) < 4.78 is 33.6. The summed E-state index contributed by atoms with van der Waals surface area (Å²) >= 11 is 0. The molecule has 1 aliphatic rings. The van der Waals surface area contributed by atoms with Crippen LogP contribution in [0.2, 0.25) is 0 Å². The van der Waals surface area contributed by atoms with Gasteiger partial charge in [0, 0.05) is 26.1 Å². The van der Waals surface area contributed by atoms with Crippen molar-refractivity contribution in [2.75, 3.05) is 19.6 Å². The van der Waals surface area contributed by atoms with Crippen LogP contribution in [0.25, 0.3) is 11.6 Å². The summed E-state index contributed by atoms with van der Waals surface area (Å²) in [6.45, 7) is 1.48. The lowest BCUT2D eigenvalue weighted by Gasteiger charge is -2.25. The van der Waals surface area contributed by atoms with E-state index in [0.717, 1.165) is 19.3 Å². The minimum atomic E-state index is -3.39. The Morgan fingerprint density at radius 2 is 2.14 bits per heavy atom. The number of aromatic amines is 1. The number of piperidine rings is 1. The number of nitrogens with one attached hydrogen (secondary N) is 2. The van der Waals surface area contributed by atoms with Crippen LogP contribution in [0.1, 0.15) is 25.1 Å². The SMILES string of the molecule is O=S(=O)(NCCc1nc(-c2ccco2)n[nH]1)N1CCCCC1. The van der Waals surface area contributed by atoms with Crippen molar-refractivity contribution < 1.29 is 12.8 Å². The fraction of sp³-hybridized carbons (Fsp3) is 0.538.